The lowest BCUT2D eigenvalue weighted by Crippen LogP contribution is -2.20. The minimum Gasteiger partial charge on any atom is -0.398 e. The lowest BCUT2D eigenvalue weighted by molar-refractivity contribution is -0.120. The van der Waals surface area contributed by atoms with E-state index in [4.69, 9.17) is 5.73 Å². The van der Waals surface area contributed by atoms with Gasteiger partial charge >= 0.3 is 0 Å². The van der Waals surface area contributed by atoms with E-state index >= 15 is 0 Å². The Morgan fingerprint density at radius 3 is 2.94 bits per heavy atom. The molecule has 0 spiro atoms. The molecule has 2 aromatic rings. The average molecular weight is 247 g/mol. The van der Waals surface area contributed by atoms with Gasteiger partial charge in [0, 0.05) is 23.7 Å². The number of nitrogen functional groups attached to an aromatic ring is 1. The Kier molecular flexibility index (Phi) is 3.39. The van der Waals surface area contributed by atoms with E-state index in [9.17, 15) is 4.79 Å². The molecule has 1 heterocycles. The van der Waals surface area contributed by atoms with E-state index in [1.54, 1.807) is 7.05 Å². The van der Waals surface area contributed by atoms with Crippen molar-refractivity contribution in [1.29, 1.82) is 0 Å². The van der Waals surface area contributed by atoms with E-state index in [1.807, 2.05) is 29.6 Å². The summed E-state index contributed by atoms with van der Waals surface area (Å²) < 4.78 is 0. The van der Waals surface area contributed by atoms with Crippen molar-refractivity contribution in [3.8, 4) is 10.6 Å². The zero-order valence-electron chi connectivity index (χ0n) is 9.43. The molecular formula is C12H13N3OS. The van der Waals surface area contributed by atoms with Crippen molar-refractivity contribution in [3.05, 3.63) is 35.3 Å². The number of benzene rings is 1. The first-order chi connectivity index (χ1) is 8.20. The number of rotatable bonds is 3. The fraction of sp³-hybridized carbons (Fsp3) is 0.167. The number of aromatic nitrogens is 1. The van der Waals surface area contributed by atoms with Gasteiger partial charge in [-0.25, -0.2) is 4.98 Å². The second-order valence-electron chi connectivity index (χ2n) is 3.58. The van der Waals surface area contributed by atoms with E-state index < -0.39 is 0 Å². The van der Waals surface area contributed by atoms with E-state index in [1.165, 1.54) is 11.3 Å². The molecule has 0 unspecified atom stereocenters. The molecule has 0 aliphatic heterocycles. The lowest BCUT2D eigenvalue weighted by atomic mass is 10.2. The zero-order chi connectivity index (χ0) is 12.3. The number of para-hydroxylation sites is 1. The number of hydrogen-bond acceptors (Lipinski definition) is 4. The third kappa shape index (κ3) is 2.62. The summed E-state index contributed by atoms with van der Waals surface area (Å²) in [6.45, 7) is 0. The van der Waals surface area contributed by atoms with Gasteiger partial charge in [-0.15, -0.1) is 11.3 Å². The topological polar surface area (TPSA) is 68.0 Å². The largest absolute Gasteiger partial charge is 0.398 e. The van der Waals surface area contributed by atoms with Crippen LogP contribution < -0.4 is 11.1 Å². The molecule has 1 amide bonds. The third-order valence-corrected chi connectivity index (χ3v) is 3.29. The van der Waals surface area contributed by atoms with Gasteiger partial charge in [-0.1, -0.05) is 12.1 Å². The van der Waals surface area contributed by atoms with Crippen LogP contribution in [0.4, 0.5) is 5.69 Å². The molecule has 88 valence electrons. The highest BCUT2D eigenvalue weighted by Crippen LogP contribution is 2.28. The van der Waals surface area contributed by atoms with Crippen LogP contribution in [0.1, 0.15) is 5.69 Å². The number of carbonyl (C=O) groups is 1. The van der Waals surface area contributed by atoms with Crippen LogP contribution in [0.2, 0.25) is 0 Å². The molecule has 5 heteroatoms. The van der Waals surface area contributed by atoms with Crippen LogP contribution in [-0.2, 0) is 11.2 Å². The minimum absolute atomic E-state index is 0.0390. The van der Waals surface area contributed by atoms with Crippen LogP contribution in [0.5, 0.6) is 0 Å². The van der Waals surface area contributed by atoms with Gasteiger partial charge < -0.3 is 11.1 Å². The second-order valence-corrected chi connectivity index (χ2v) is 4.44. The average Bonchev–Trinajstić information content (AvgIpc) is 2.78. The van der Waals surface area contributed by atoms with Gasteiger partial charge in [0.2, 0.25) is 5.91 Å². The Morgan fingerprint density at radius 2 is 2.24 bits per heavy atom. The van der Waals surface area contributed by atoms with Gasteiger partial charge in [-0.2, -0.15) is 0 Å². The fourth-order valence-electron chi connectivity index (χ4n) is 1.46. The Labute approximate surface area is 103 Å². The summed E-state index contributed by atoms with van der Waals surface area (Å²) in [5, 5.41) is 5.31. The quantitative estimate of drug-likeness (QED) is 0.811. The van der Waals surface area contributed by atoms with Gasteiger partial charge in [-0.3, -0.25) is 4.79 Å². The van der Waals surface area contributed by atoms with Crippen molar-refractivity contribution < 1.29 is 4.79 Å². The maximum absolute atomic E-state index is 11.2. The summed E-state index contributed by atoms with van der Waals surface area (Å²) in [6, 6.07) is 7.58. The summed E-state index contributed by atoms with van der Waals surface area (Å²) in [6.07, 6.45) is 0.305. The summed E-state index contributed by atoms with van der Waals surface area (Å²) in [5.41, 5.74) is 8.27. The maximum Gasteiger partial charge on any atom is 0.225 e. The van der Waals surface area contributed by atoms with Gasteiger partial charge in [-0.05, 0) is 12.1 Å². The van der Waals surface area contributed by atoms with Crippen molar-refractivity contribution in [2.24, 2.45) is 0 Å². The second kappa shape index (κ2) is 4.97. The monoisotopic (exact) mass is 247 g/mol. The number of amides is 1. The number of carbonyl (C=O) groups excluding carboxylic acids is 1. The van der Waals surface area contributed by atoms with Crippen LogP contribution >= 0.6 is 11.3 Å². The van der Waals surface area contributed by atoms with Gasteiger partial charge in [0.25, 0.3) is 0 Å². The summed E-state index contributed by atoms with van der Waals surface area (Å²) in [7, 11) is 1.62. The number of nitrogens with one attached hydrogen (secondary N) is 1. The Balaban J connectivity index is 2.24. The van der Waals surface area contributed by atoms with E-state index in [0.717, 1.165) is 16.3 Å². The molecule has 0 aliphatic carbocycles. The predicted molar refractivity (Wildman–Crippen MR) is 69.7 cm³/mol. The highest BCUT2D eigenvalue weighted by Gasteiger charge is 2.09. The minimum atomic E-state index is -0.0390. The molecule has 0 saturated heterocycles. The normalized spacial score (nSPS) is 10.2. The molecule has 0 atom stereocenters. The van der Waals surface area contributed by atoms with Crippen molar-refractivity contribution >= 4 is 22.9 Å². The SMILES string of the molecule is CNC(=O)Cc1csc(-c2ccccc2N)n1. The van der Waals surface area contributed by atoms with E-state index in [0.29, 0.717) is 12.1 Å². The van der Waals surface area contributed by atoms with Crippen LogP contribution in [-0.4, -0.2) is 17.9 Å². The highest BCUT2D eigenvalue weighted by molar-refractivity contribution is 7.13. The van der Waals surface area contributed by atoms with Gasteiger partial charge in [0.1, 0.15) is 5.01 Å². The predicted octanol–water partition coefficient (Wildman–Crippen LogP) is 1.68. The van der Waals surface area contributed by atoms with Crippen molar-refractivity contribution in [2.75, 3.05) is 12.8 Å². The summed E-state index contributed by atoms with van der Waals surface area (Å²) in [5.74, 6) is -0.0390. The molecule has 17 heavy (non-hydrogen) atoms. The Bertz CT molecular complexity index is 536. The molecule has 0 radical (unpaired) electrons. The van der Waals surface area contributed by atoms with Crippen LogP contribution in [0.15, 0.2) is 29.6 Å². The standard InChI is InChI=1S/C12H13N3OS/c1-14-11(16)6-8-7-17-12(15-8)9-4-2-3-5-10(9)13/h2-5,7H,6,13H2,1H3,(H,14,16). The van der Waals surface area contributed by atoms with Crippen LogP contribution in [0.3, 0.4) is 0 Å². The third-order valence-electron chi connectivity index (χ3n) is 2.36. The molecule has 1 aromatic carbocycles. The summed E-state index contributed by atoms with van der Waals surface area (Å²) >= 11 is 1.50. The molecule has 0 fully saturated rings. The van der Waals surface area contributed by atoms with Crippen molar-refractivity contribution in [1.82, 2.24) is 10.3 Å². The summed E-state index contributed by atoms with van der Waals surface area (Å²) in [4.78, 5) is 15.6. The molecule has 3 N–H and O–H groups in total. The number of nitrogens with two attached hydrogens (primary N) is 1. The maximum atomic E-state index is 11.2. The lowest BCUT2D eigenvalue weighted by Gasteiger charge is -2.00. The van der Waals surface area contributed by atoms with Crippen molar-refractivity contribution in [3.63, 3.8) is 0 Å². The first-order valence-electron chi connectivity index (χ1n) is 5.20. The number of anilines is 1. The number of likely N-dealkylation sites (N-methyl/N-ethyl adjacent to an activating group) is 1. The molecule has 1 aromatic heterocycles. The Hall–Kier alpha value is -1.88. The number of hydrogen-bond donors (Lipinski definition) is 2. The molecule has 4 nitrogen and oxygen atoms in total. The zero-order valence-corrected chi connectivity index (χ0v) is 10.3. The van der Waals surface area contributed by atoms with Gasteiger partial charge in [0.15, 0.2) is 0 Å². The fourth-order valence-corrected chi connectivity index (χ4v) is 2.32. The van der Waals surface area contributed by atoms with E-state index in [2.05, 4.69) is 10.3 Å². The van der Waals surface area contributed by atoms with Crippen LogP contribution in [0, 0.1) is 0 Å². The molecule has 0 aliphatic rings. The molecular weight excluding hydrogens is 234 g/mol. The molecule has 2 rings (SSSR count). The molecule has 0 bridgehead atoms. The highest BCUT2D eigenvalue weighted by atomic mass is 32.1. The van der Waals surface area contributed by atoms with Crippen molar-refractivity contribution in [2.45, 2.75) is 6.42 Å². The van der Waals surface area contributed by atoms with Crippen LogP contribution in [0.25, 0.3) is 10.6 Å². The molecule has 0 saturated carbocycles. The van der Waals surface area contributed by atoms with E-state index in [-0.39, 0.29) is 5.91 Å². The van der Waals surface area contributed by atoms with Gasteiger partial charge in [0.05, 0.1) is 12.1 Å². The first-order valence-corrected chi connectivity index (χ1v) is 6.08. The first kappa shape index (κ1) is 11.6. The number of nitrogens with zero attached hydrogens (tertiary/aromatic N) is 1. The Morgan fingerprint density at radius 1 is 1.47 bits per heavy atom. The number of thiazole rings is 1. The smallest absolute Gasteiger partial charge is 0.225 e.